The molecule has 16 heavy (non-hydrogen) atoms. The number of nitrogens with zero attached hydrogens (tertiary/aromatic N) is 1. The Labute approximate surface area is 104 Å². The molecule has 1 aromatic rings. The largest absolute Gasteiger partial charge is 0.335 e. The Balaban J connectivity index is 1.80. The number of fused-ring (bicyclic) bond motifs is 2. The monoisotopic (exact) mass is 279 g/mol. The van der Waals surface area contributed by atoms with Crippen molar-refractivity contribution in [2.24, 2.45) is 5.92 Å². The molecule has 2 bridgehead atoms. The lowest BCUT2D eigenvalue weighted by atomic mass is 10.1. The van der Waals surface area contributed by atoms with Gasteiger partial charge in [0, 0.05) is 22.6 Å². The molecule has 0 N–H and O–H groups in total. The van der Waals surface area contributed by atoms with E-state index in [9.17, 15) is 4.79 Å². The molecule has 2 fully saturated rings. The van der Waals surface area contributed by atoms with E-state index < -0.39 is 0 Å². The molecule has 2 nitrogen and oxygen atoms in total. The number of carbonyl (C=O) groups excluding carboxylic acids is 1. The number of carbonyl (C=O) groups is 1. The fraction of sp³-hybridized carbons (Fsp3) is 0.462. The van der Waals surface area contributed by atoms with Crippen LogP contribution in [0.4, 0.5) is 0 Å². The summed E-state index contributed by atoms with van der Waals surface area (Å²) in [6.07, 6.45) is 3.74. The third-order valence-corrected chi connectivity index (χ3v) is 4.29. The van der Waals surface area contributed by atoms with Gasteiger partial charge in [0.1, 0.15) is 0 Å². The Morgan fingerprint density at radius 2 is 2.00 bits per heavy atom. The quantitative estimate of drug-likeness (QED) is 0.774. The van der Waals surface area contributed by atoms with Crippen molar-refractivity contribution < 1.29 is 4.79 Å². The third-order valence-electron chi connectivity index (χ3n) is 3.76. The van der Waals surface area contributed by atoms with Gasteiger partial charge < -0.3 is 4.90 Å². The molecule has 1 aliphatic carbocycles. The number of halogens is 1. The predicted molar refractivity (Wildman–Crippen MR) is 66.3 cm³/mol. The van der Waals surface area contributed by atoms with Gasteiger partial charge >= 0.3 is 0 Å². The van der Waals surface area contributed by atoms with Crippen molar-refractivity contribution in [1.82, 2.24) is 4.90 Å². The van der Waals surface area contributed by atoms with Crippen LogP contribution >= 0.6 is 15.9 Å². The topological polar surface area (TPSA) is 20.3 Å². The van der Waals surface area contributed by atoms with Crippen LogP contribution in [0, 0.1) is 5.92 Å². The van der Waals surface area contributed by atoms with Crippen LogP contribution in [-0.2, 0) is 0 Å². The molecule has 1 aromatic carbocycles. The van der Waals surface area contributed by atoms with Crippen molar-refractivity contribution in [2.45, 2.75) is 25.3 Å². The highest BCUT2D eigenvalue weighted by atomic mass is 79.9. The van der Waals surface area contributed by atoms with Crippen LogP contribution in [0.3, 0.4) is 0 Å². The minimum Gasteiger partial charge on any atom is -0.335 e. The number of amides is 1. The lowest BCUT2D eigenvalue weighted by Gasteiger charge is -2.27. The van der Waals surface area contributed by atoms with Gasteiger partial charge in [0.05, 0.1) is 0 Å². The maximum absolute atomic E-state index is 12.3. The van der Waals surface area contributed by atoms with Gasteiger partial charge in [-0.3, -0.25) is 4.79 Å². The SMILES string of the molecule is O=C(c1ccc(Br)cc1)N1CC2CCC1C2. The van der Waals surface area contributed by atoms with E-state index in [1.54, 1.807) is 0 Å². The summed E-state index contributed by atoms with van der Waals surface area (Å²) < 4.78 is 1.02. The molecule has 0 spiro atoms. The Hall–Kier alpha value is -0.830. The Bertz CT molecular complexity index is 414. The summed E-state index contributed by atoms with van der Waals surface area (Å²) in [6.45, 7) is 0.972. The molecule has 2 unspecified atom stereocenters. The van der Waals surface area contributed by atoms with E-state index in [1.807, 2.05) is 24.3 Å². The minimum atomic E-state index is 0.208. The maximum Gasteiger partial charge on any atom is 0.254 e. The number of rotatable bonds is 1. The highest BCUT2D eigenvalue weighted by Crippen LogP contribution is 2.38. The highest BCUT2D eigenvalue weighted by molar-refractivity contribution is 9.10. The fourth-order valence-corrected chi connectivity index (χ4v) is 3.20. The van der Waals surface area contributed by atoms with E-state index in [0.29, 0.717) is 6.04 Å². The lowest BCUT2D eigenvalue weighted by molar-refractivity contribution is 0.0703. The first-order valence-electron chi connectivity index (χ1n) is 5.80. The Morgan fingerprint density at radius 1 is 1.25 bits per heavy atom. The lowest BCUT2D eigenvalue weighted by Crippen LogP contribution is -2.37. The zero-order valence-electron chi connectivity index (χ0n) is 9.03. The van der Waals surface area contributed by atoms with Crippen LogP contribution in [-0.4, -0.2) is 23.4 Å². The average molecular weight is 280 g/mol. The predicted octanol–water partition coefficient (Wildman–Crippen LogP) is 3.07. The minimum absolute atomic E-state index is 0.208. The second kappa shape index (κ2) is 3.88. The first-order chi connectivity index (χ1) is 7.74. The summed E-state index contributed by atoms with van der Waals surface area (Å²) in [7, 11) is 0. The normalized spacial score (nSPS) is 27.4. The molecule has 1 saturated carbocycles. The number of benzene rings is 1. The van der Waals surface area contributed by atoms with Gasteiger partial charge in [-0.05, 0) is 49.4 Å². The van der Waals surface area contributed by atoms with Crippen LogP contribution in [0.1, 0.15) is 29.6 Å². The van der Waals surface area contributed by atoms with Gasteiger partial charge in [0.25, 0.3) is 5.91 Å². The zero-order valence-corrected chi connectivity index (χ0v) is 10.6. The van der Waals surface area contributed by atoms with Gasteiger partial charge in [0.2, 0.25) is 0 Å². The van der Waals surface area contributed by atoms with Gasteiger partial charge in [-0.2, -0.15) is 0 Å². The first-order valence-corrected chi connectivity index (χ1v) is 6.60. The summed E-state index contributed by atoms with van der Waals surface area (Å²) in [5, 5.41) is 0. The number of hydrogen-bond donors (Lipinski definition) is 0. The average Bonchev–Trinajstić information content (AvgIpc) is 2.91. The van der Waals surface area contributed by atoms with E-state index >= 15 is 0 Å². The number of hydrogen-bond acceptors (Lipinski definition) is 1. The molecule has 3 heteroatoms. The van der Waals surface area contributed by atoms with Crippen molar-refractivity contribution in [3.05, 3.63) is 34.3 Å². The molecule has 2 atom stereocenters. The molecule has 1 amide bonds. The third kappa shape index (κ3) is 1.67. The van der Waals surface area contributed by atoms with Crippen molar-refractivity contribution in [3.8, 4) is 0 Å². The van der Waals surface area contributed by atoms with E-state index in [-0.39, 0.29) is 5.91 Å². The second-order valence-electron chi connectivity index (χ2n) is 4.80. The van der Waals surface area contributed by atoms with Crippen LogP contribution in [0.2, 0.25) is 0 Å². The Morgan fingerprint density at radius 3 is 2.56 bits per heavy atom. The van der Waals surface area contributed by atoms with Gasteiger partial charge in [0.15, 0.2) is 0 Å². The molecule has 84 valence electrons. The van der Waals surface area contributed by atoms with Crippen LogP contribution < -0.4 is 0 Å². The van der Waals surface area contributed by atoms with E-state index in [4.69, 9.17) is 0 Å². The molecule has 1 heterocycles. The summed E-state index contributed by atoms with van der Waals surface area (Å²) in [5.74, 6) is 0.976. The summed E-state index contributed by atoms with van der Waals surface area (Å²) in [6, 6.07) is 8.18. The van der Waals surface area contributed by atoms with Crippen LogP contribution in [0.15, 0.2) is 28.7 Å². The first kappa shape index (κ1) is 10.3. The summed E-state index contributed by atoms with van der Waals surface area (Å²) in [4.78, 5) is 14.3. The van der Waals surface area contributed by atoms with E-state index in [1.165, 1.54) is 19.3 Å². The van der Waals surface area contributed by atoms with E-state index in [0.717, 1.165) is 22.5 Å². The number of likely N-dealkylation sites (tertiary alicyclic amines) is 1. The van der Waals surface area contributed by atoms with Crippen LogP contribution in [0.25, 0.3) is 0 Å². The fourth-order valence-electron chi connectivity index (χ4n) is 2.93. The van der Waals surface area contributed by atoms with Crippen molar-refractivity contribution in [3.63, 3.8) is 0 Å². The molecular weight excluding hydrogens is 266 g/mol. The van der Waals surface area contributed by atoms with Crippen molar-refractivity contribution in [2.75, 3.05) is 6.54 Å². The van der Waals surface area contributed by atoms with Gasteiger partial charge in [-0.25, -0.2) is 0 Å². The van der Waals surface area contributed by atoms with Crippen molar-refractivity contribution in [1.29, 1.82) is 0 Å². The molecule has 1 saturated heterocycles. The second-order valence-corrected chi connectivity index (χ2v) is 5.71. The molecule has 1 aliphatic heterocycles. The van der Waals surface area contributed by atoms with Crippen molar-refractivity contribution >= 4 is 21.8 Å². The Kier molecular flexibility index (Phi) is 2.51. The summed E-state index contributed by atoms with van der Waals surface area (Å²) in [5.41, 5.74) is 0.816. The van der Waals surface area contributed by atoms with Gasteiger partial charge in [-0.1, -0.05) is 15.9 Å². The zero-order chi connectivity index (χ0) is 11.1. The molecular formula is C13H14BrNO. The molecule has 0 aromatic heterocycles. The highest BCUT2D eigenvalue weighted by Gasteiger charge is 2.40. The maximum atomic E-state index is 12.3. The van der Waals surface area contributed by atoms with E-state index in [2.05, 4.69) is 20.8 Å². The molecule has 3 rings (SSSR count). The molecule has 0 radical (unpaired) electrons. The summed E-state index contributed by atoms with van der Waals surface area (Å²) >= 11 is 3.39. The van der Waals surface area contributed by atoms with Crippen LogP contribution in [0.5, 0.6) is 0 Å². The smallest absolute Gasteiger partial charge is 0.254 e. The van der Waals surface area contributed by atoms with Gasteiger partial charge in [-0.15, -0.1) is 0 Å². The molecule has 2 aliphatic rings. The standard InChI is InChI=1S/C13H14BrNO/c14-11-4-2-10(3-5-11)13(16)15-8-9-1-6-12(15)7-9/h2-5,9,12H,1,6-8H2. The number of piperidine rings is 1.